The molecule has 0 saturated heterocycles. The van der Waals surface area contributed by atoms with E-state index in [4.69, 9.17) is 0 Å². The van der Waals surface area contributed by atoms with Crippen molar-refractivity contribution in [3.8, 4) is 0 Å². The van der Waals surface area contributed by atoms with E-state index in [1.165, 1.54) is 11.3 Å². The van der Waals surface area contributed by atoms with Crippen molar-refractivity contribution in [1.29, 1.82) is 0 Å². The average molecular weight is 319 g/mol. The number of rotatable bonds is 6. The molecule has 22 heavy (non-hydrogen) atoms. The van der Waals surface area contributed by atoms with Gasteiger partial charge in [0, 0.05) is 0 Å². The fraction of sp³-hybridized carbons (Fsp3) is 0.353. The largest absolute Gasteiger partial charge is 0.385 e. The Hall–Kier alpha value is -1.69. The number of amides is 1. The third-order valence-corrected chi connectivity index (χ3v) is 4.36. The lowest BCUT2D eigenvalue weighted by molar-refractivity contribution is -0.127. The Balaban J connectivity index is 1.93. The van der Waals surface area contributed by atoms with E-state index in [0.29, 0.717) is 5.56 Å². The molecule has 0 saturated carbocycles. The summed E-state index contributed by atoms with van der Waals surface area (Å²) < 4.78 is 0. The number of hydrogen-bond acceptors (Lipinski definition) is 4. The maximum atomic E-state index is 12.1. The number of benzene rings is 1. The molecule has 2 aromatic rings. The van der Waals surface area contributed by atoms with Gasteiger partial charge in [0.1, 0.15) is 5.60 Å². The number of aliphatic hydroxyl groups is 2. The molecule has 118 valence electrons. The van der Waals surface area contributed by atoms with Gasteiger partial charge in [0.25, 0.3) is 0 Å². The van der Waals surface area contributed by atoms with E-state index in [0.717, 1.165) is 5.56 Å². The maximum absolute atomic E-state index is 12.1. The van der Waals surface area contributed by atoms with Gasteiger partial charge in [-0.15, -0.1) is 0 Å². The molecule has 1 aromatic heterocycles. The fourth-order valence-electron chi connectivity index (χ4n) is 2.22. The van der Waals surface area contributed by atoms with Crippen molar-refractivity contribution in [3.05, 3.63) is 58.3 Å². The minimum Gasteiger partial charge on any atom is -0.385 e. The third-order valence-electron chi connectivity index (χ3n) is 3.67. The van der Waals surface area contributed by atoms with E-state index < -0.39 is 11.2 Å². The van der Waals surface area contributed by atoms with Crippen molar-refractivity contribution in [1.82, 2.24) is 5.32 Å². The molecule has 1 heterocycles. The highest BCUT2D eigenvalue weighted by molar-refractivity contribution is 7.08. The van der Waals surface area contributed by atoms with Crippen LogP contribution in [0.1, 0.15) is 31.4 Å². The molecule has 0 radical (unpaired) electrons. The molecule has 2 unspecified atom stereocenters. The molecule has 0 aliphatic heterocycles. The molecule has 0 aliphatic rings. The first-order valence-corrected chi connectivity index (χ1v) is 8.05. The van der Waals surface area contributed by atoms with Gasteiger partial charge in [-0.3, -0.25) is 4.79 Å². The maximum Gasteiger partial charge on any atom is 0.223 e. The van der Waals surface area contributed by atoms with Crippen LogP contribution >= 0.6 is 11.3 Å². The zero-order valence-electron chi connectivity index (χ0n) is 12.7. The second kappa shape index (κ2) is 6.60. The number of thiophene rings is 1. The quantitative estimate of drug-likeness (QED) is 0.765. The van der Waals surface area contributed by atoms with Crippen LogP contribution in [0.2, 0.25) is 0 Å². The predicted molar refractivity (Wildman–Crippen MR) is 87.5 cm³/mol. The van der Waals surface area contributed by atoms with E-state index in [1.54, 1.807) is 26.0 Å². The Morgan fingerprint density at radius 3 is 2.36 bits per heavy atom. The molecule has 0 bridgehead atoms. The Labute approximate surface area is 134 Å². The first-order valence-electron chi connectivity index (χ1n) is 7.11. The van der Waals surface area contributed by atoms with Crippen molar-refractivity contribution < 1.29 is 15.0 Å². The summed E-state index contributed by atoms with van der Waals surface area (Å²) in [5, 5.41) is 27.2. The lowest BCUT2D eigenvalue weighted by Crippen LogP contribution is -2.40. The molecule has 2 atom stereocenters. The molecule has 1 amide bonds. The van der Waals surface area contributed by atoms with Crippen LogP contribution in [0.25, 0.3) is 0 Å². The number of carbonyl (C=O) groups is 1. The summed E-state index contributed by atoms with van der Waals surface area (Å²) in [6.07, 6.45) is -0.0588. The van der Waals surface area contributed by atoms with E-state index in [-0.39, 0.29) is 18.9 Å². The highest BCUT2D eigenvalue weighted by Gasteiger charge is 2.29. The van der Waals surface area contributed by atoms with Gasteiger partial charge in [-0.25, -0.2) is 0 Å². The molecular weight excluding hydrogens is 298 g/mol. The van der Waals surface area contributed by atoms with Crippen LogP contribution in [0.15, 0.2) is 47.2 Å². The Morgan fingerprint density at radius 2 is 1.77 bits per heavy atom. The summed E-state index contributed by atoms with van der Waals surface area (Å²) in [6, 6.07) is 10.9. The Kier molecular flexibility index (Phi) is 5.01. The monoisotopic (exact) mass is 319 g/mol. The second-order valence-electron chi connectivity index (χ2n) is 5.88. The topological polar surface area (TPSA) is 69.6 Å². The van der Waals surface area contributed by atoms with Crippen LogP contribution in [0.3, 0.4) is 0 Å². The fourth-order valence-corrected chi connectivity index (χ4v) is 3.00. The van der Waals surface area contributed by atoms with Crippen molar-refractivity contribution in [2.24, 2.45) is 0 Å². The van der Waals surface area contributed by atoms with Gasteiger partial charge in [0.05, 0.1) is 18.6 Å². The van der Waals surface area contributed by atoms with Crippen molar-refractivity contribution in [3.63, 3.8) is 0 Å². The third kappa shape index (κ3) is 4.16. The molecule has 1 aromatic carbocycles. The lowest BCUT2D eigenvalue weighted by Gasteiger charge is -2.26. The van der Waals surface area contributed by atoms with Crippen molar-refractivity contribution >= 4 is 17.2 Å². The van der Waals surface area contributed by atoms with Crippen LogP contribution in [-0.4, -0.2) is 22.7 Å². The molecular formula is C17H21NO3S. The minimum absolute atomic E-state index is 0.0588. The van der Waals surface area contributed by atoms with Gasteiger partial charge in [-0.2, -0.15) is 11.3 Å². The van der Waals surface area contributed by atoms with Crippen molar-refractivity contribution in [2.75, 3.05) is 6.54 Å². The summed E-state index contributed by atoms with van der Waals surface area (Å²) in [4.78, 5) is 12.1. The molecule has 0 spiro atoms. The smallest absolute Gasteiger partial charge is 0.223 e. The minimum atomic E-state index is -1.24. The van der Waals surface area contributed by atoms with E-state index in [1.807, 2.05) is 35.0 Å². The summed E-state index contributed by atoms with van der Waals surface area (Å²) in [5.41, 5.74) is -0.893. The number of carbonyl (C=O) groups excluding carboxylic acids is 1. The Morgan fingerprint density at radius 1 is 1.09 bits per heavy atom. The summed E-state index contributed by atoms with van der Waals surface area (Å²) in [6.45, 7) is 3.37. The lowest BCUT2D eigenvalue weighted by atomic mass is 9.92. The predicted octanol–water partition coefficient (Wildman–Crippen LogP) is 2.37. The van der Waals surface area contributed by atoms with Crippen LogP contribution in [0.4, 0.5) is 0 Å². The number of nitrogens with one attached hydrogen (secondary N) is 1. The SMILES string of the molecule is CC(O)(CNC(=O)CC(C)(O)c1ccccc1)c1ccsc1. The summed E-state index contributed by atoms with van der Waals surface area (Å²) >= 11 is 1.50. The van der Waals surface area contributed by atoms with E-state index >= 15 is 0 Å². The van der Waals surface area contributed by atoms with Crippen LogP contribution in [-0.2, 0) is 16.0 Å². The molecule has 4 nitrogen and oxygen atoms in total. The molecule has 3 N–H and O–H groups in total. The first-order chi connectivity index (χ1) is 10.3. The van der Waals surface area contributed by atoms with Gasteiger partial charge >= 0.3 is 0 Å². The van der Waals surface area contributed by atoms with Gasteiger partial charge in [-0.1, -0.05) is 30.3 Å². The molecule has 0 aliphatic carbocycles. The highest BCUT2D eigenvalue weighted by atomic mass is 32.1. The molecule has 2 rings (SSSR count). The highest BCUT2D eigenvalue weighted by Crippen LogP contribution is 2.25. The normalized spacial score (nSPS) is 16.5. The molecule has 0 fully saturated rings. The Bertz CT molecular complexity index is 606. The van der Waals surface area contributed by atoms with Gasteiger partial charge in [0.15, 0.2) is 0 Å². The standard InChI is InChI=1S/C17H21NO3S/c1-16(20,13-6-4-3-5-7-13)10-15(19)18-12-17(2,21)14-8-9-22-11-14/h3-9,11,20-21H,10,12H2,1-2H3,(H,18,19). The van der Waals surface area contributed by atoms with E-state index in [2.05, 4.69) is 5.32 Å². The summed E-state index contributed by atoms with van der Waals surface area (Å²) in [5.74, 6) is -0.302. The van der Waals surface area contributed by atoms with Gasteiger partial charge in [-0.05, 0) is 41.8 Å². The number of hydrogen-bond donors (Lipinski definition) is 3. The zero-order chi connectivity index (χ0) is 16.2. The van der Waals surface area contributed by atoms with Crippen molar-refractivity contribution in [2.45, 2.75) is 31.5 Å². The second-order valence-corrected chi connectivity index (χ2v) is 6.66. The average Bonchev–Trinajstić information content (AvgIpc) is 3.01. The molecule has 5 heteroatoms. The zero-order valence-corrected chi connectivity index (χ0v) is 13.6. The van der Waals surface area contributed by atoms with Gasteiger partial charge in [0.2, 0.25) is 5.91 Å². The first kappa shape index (κ1) is 16.7. The van der Waals surface area contributed by atoms with E-state index in [9.17, 15) is 15.0 Å². The van der Waals surface area contributed by atoms with Crippen LogP contribution in [0.5, 0.6) is 0 Å². The van der Waals surface area contributed by atoms with Crippen LogP contribution < -0.4 is 5.32 Å². The van der Waals surface area contributed by atoms with Gasteiger partial charge < -0.3 is 15.5 Å². The summed E-state index contributed by atoms with van der Waals surface area (Å²) in [7, 11) is 0. The van der Waals surface area contributed by atoms with Crippen LogP contribution in [0, 0.1) is 0 Å².